The van der Waals surface area contributed by atoms with Crippen LogP contribution < -0.4 is 10.1 Å². The second-order valence-corrected chi connectivity index (χ2v) is 9.14. The minimum absolute atomic E-state index is 0.0601. The van der Waals surface area contributed by atoms with Gasteiger partial charge in [-0.15, -0.1) is 0 Å². The highest BCUT2D eigenvalue weighted by molar-refractivity contribution is 5.91. The molecule has 194 valence electrons. The van der Waals surface area contributed by atoms with Crippen LogP contribution in [0.25, 0.3) is 0 Å². The number of nitrogens with zero attached hydrogens (tertiary/aromatic N) is 1. The van der Waals surface area contributed by atoms with Crippen molar-refractivity contribution in [2.75, 3.05) is 6.54 Å². The molecule has 0 saturated heterocycles. The topological polar surface area (TPSA) is 71.8 Å². The highest BCUT2D eigenvalue weighted by Gasteiger charge is 2.31. The Labute approximate surface area is 218 Å². The Hall–Kier alpha value is -4.46. The van der Waals surface area contributed by atoms with E-state index in [0.717, 1.165) is 16.7 Å². The predicted molar refractivity (Wildman–Crippen MR) is 136 cm³/mol. The van der Waals surface area contributed by atoms with Crippen molar-refractivity contribution in [2.24, 2.45) is 0 Å². The summed E-state index contributed by atoms with van der Waals surface area (Å²) in [6.45, 7) is 2.37. The highest BCUT2D eigenvalue weighted by atomic mass is 19.1. The van der Waals surface area contributed by atoms with Crippen LogP contribution in [-0.2, 0) is 24.4 Å². The van der Waals surface area contributed by atoms with Crippen LogP contribution in [0.2, 0.25) is 0 Å². The van der Waals surface area contributed by atoms with E-state index < -0.39 is 5.91 Å². The number of carbonyl (C=O) groups is 2. The van der Waals surface area contributed by atoms with Crippen LogP contribution in [-0.4, -0.2) is 23.3 Å². The van der Waals surface area contributed by atoms with E-state index in [9.17, 15) is 18.4 Å². The van der Waals surface area contributed by atoms with Gasteiger partial charge >= 0.3 is 0 Å². The van der Waals surface area contributed by atoms with E-state index >= 15 is 0 Å². The SMILES string of the molecule is CC(=O)N1CCc2ccc(OCc3ccc(C(=O)NCc4cccc(F)c4)o3)cc2C1c1ccc(F)cc1. The van der Waals surface area contributed by atoms with Gasteiger partial charge in [-0.2, -0.15) is 0 Å². The number of furan rings is 1. The van der Waals surface area contributed by atoms with Gasteiger partial charge < -0.3 is 19.4 Å². The molecule has 0 saturated carbocycles. The fraction of sp³-hybridized carbons (Fsp3) is 0.200. The van der Waals surface area contributed by atoms with Crippen molar-refractivity contribution >= 4 is 11.8 Å². The second-order valence-electron chi connectivity index (χ2n) is 9.14. The predicted octanol–water partition coefficient (Wildman–Crippen LogP) is 5.56. The number of benzene rings is 3. The Morgan fingerprint density at radius 2 is 1.82 bits per heavy atom. The van der Waals surface area contributed by atoms with Crippen molar-refractivity contribution in [1.82, 2.24) is 10.2 Å². The van der Waals surface area contributed by atoms with Gasteiger partial charge in [-0.25, -0.2) is 8.78 Å². The molecule has 0 spiro atoms. The van der Waals surface area contributed by atoms with Gasteiger partial charge in [0.1, 0.15) is 29.8 Å². The lowest BCUT2D eigenvalue weighted by Crippen LogP contribution is -2.39. The van der Waals surface area contributed by atoms with Gasteiger partial charge in [-0.3, -0.25) is 9.59 Å². The molecule has 4 aromatic rings. The molecule has 1 unspecified atom stereocenters. The summed E-state index contributed by atoms with van der Waals surface area (Å²) in [5.41, 5.74) is 3.48. The van der Waals surface area contributed by atoms with Gasteiger partial charge in [-0.05, 0) is 77.2 Å². The lowest BCUT2D eigenvalue weighted by Gasteiger charge is -2.37. The van der Waals surface area contributed by atoms with Crippen molar-refractivity contribution < 1.29 is 27.5 Å². The molecule has 0 aliphatic carbocycles. The van der Waals surface area contributed by atoms with Crippen LogP contribution in [0, 0.1) is 11.6 Å². The van der Waals surface area contributed by atoms with Gasteiger partial charge in [0.2, 0.25) is 5.91 Å². The van der Waals surface area contributed by atoms with Crippen molar-refractivity contribution in [1.29, 1.82) is 0 Å². The minimum Gasteiger partial charge on any atom is -0.486 e. The number of halogens is 2. The molecule has 0 radical (unpaired) electrons. The van der Waals surface area contributed by atoms with E-state index in [1.54, 1.807) is 41.3 Å². The Morgan fingerprint density at radius 3 is 2.58 bits per heavy atom. The minimum atomic E-state index is -0.416. The number of nitrogens with one attached hydrogen (secondary N) is 1. The zero-order valence-corrected chi connectivity index (χ0v) is 20.7. The molecular weight excluding hydrogens is 490 g/mol. The first-order valence-corrected chi connectivity index (χ1v) is 12.3. The Kier molecular flexibility index (Phi) is 7.22. The maximum absolute atomic E-state index is 13.6. The summed E-state index contributed by atoms with van der Waals surface area (Å²) in [7, 11) is 0. The first-order chi connectivity index (χ1) is 18.4. The monoisotopic (exact) mass is 516 g/mol. The van der Waals surface area contributed by atoms with Crippen molar-refractivity contribution in [2.45, 2.75) is 32.5 Å². The van der Waals surface area contributed by atoms with E-state index in [-0.39, 0.29) is 42.5 Å². The third-order valence-electron chi connectivity index (χ3n) is 6.54. The van der Waals surface area contributed by atoms with Crippen molar-refractivity contribution in [3.63, 3.8) is 0 Å². The molecule has 1 aliphatic heterocycles. The quantitative estimate of drug-likeness (QED) is 0.349. The summed E-state index contributed by atoms with van der Waals surface area (Å²) >= 11 is 0. The molecule has 1 aliphatic rings. The molecule has 8 heteroatoms. The van der Waals surface area contributed by atoms with Gasteiger partial charge in [0.05, 0.1) is 6.04 Å². The summed E-state index contributed by atoms with van der Waals surface area (Å²) in [4.78, 5) is 26.6. The lowest BCUT2D eigenvalue weighted by atomic mass is 9.88. The first kappa shape index (κ1) is 25.2. The molecule has 3 aromatic carbocycles. The fourth-order valence-corrected chi connectivity index (χ4v) is 4.68. The van der Waals surface area contributed by atoms with Crippen LogP contribution in [0.3, 0.4) is 0 Å². The van der Waals surface area contributed by atoms with Gasteiger partial charge in [0.25, 0.3) is 5.91 Å². The third-order valence-corrected chi connectivity index (χ3v) is 6.54. The maximum atomic E-state index is 13.6. The summed E-state index contributed by atoms with van der Waals surface area (Å²) in [6.07, 6.45) is 0.708. The average Bonchev–Trinajstić information content (AvgIpc) is 3.39. The molecule has 1 atom stereocenters. The highest BCUT2D eigenvalue weighted by Crippen LogP contribution is 2.37. The number of hydrogen-bond acceptors (Lipinski definition) is 4. The normalized spacial score (nSPS) is 14.6. The van der Waals surface area contributed by atoms with E-state index in [1.165, 1.54) is 31.2 Å². The summed E-state index contributed by atoms with van der Waals surface area (Å²) in [6, 6.07) is 20.8. The molecule has 2 amide bonds. The largest absolute Gasteiger partial charge is 0.486 e. The van der Waals surface area contributed by atoms with Crippen LogP contribution in [0.15, 0.2) is 83.3 Å². The summed E-state index contributed by atoms with van der Waals surface area (Å²) in [5, 5.41) is 2.71. The van der Waals surface area contributed by atoms with Crippen molar-refractivity contribution in [3.8, 4) is 5.75 Å². The van der Waals surface area contributed by atoms with E-state index in [1.807, 2.05) is 18.2 Å². The molecule has 6 nitrogen and oxygen atoms in total. The Morgan fingerprint density at radius 1 is 1.00 bits per heavy atom. The van der Waals surface area contributed by atoms with Gasteiger partial charge in [0, 0.05) is 20.0 Å². The number of hydrogen-bond donors (Lipinski definition) is 1. The molecular formula is C30H26F2N2O4. The Bertz CT molecular complexity index is 1470. The van der Waals surface area contributed by atoms with Gasteiger partial charge in [-0.1, -0.05) is 30.3 Å². The van der Waals surface area contributed by atoms with E-state index in [0.29, 0.717) is 30.0 Å². The fourth-order valence-electron chi connectivity index (χ4n) is 4.68. The molecule has 0 bridgehead atoms. The van der Waals surface area contributed by atoms with Crippen LogP contribution >= 0.6 is 0 Å². The van der Waals surface area contributed by atoms with Crippen LogP contribution in [0.4, 0.5) is 8.78 Å². The standard InChI is InChI=1S/C30H26F2N2O4/c1-19(35)34-14-13-21-7-10-25(16-27(21)29(34)22-5-8-23(31)9-6-22)37-18-26-11-12-28(38-26)30(36)33-17-20-3-2-4-24(32)15-20/h2-12,15-16,29H,13-14,17-18H2,1H3,(H,33,36). The molecule has 38 heavy (non-hydrogen) atoms. The van der Waals surface area contributed by atoms with E-state index in [4.69, 9.17) is 9.15 Å². The van der Waals surface area contributed by atoms with Crippen LogP contribution in [0.1, 0.15) is 51.5 Å². The Balaban J connectivity index is 1.28. The molecule has 0 fully saturated rings. The number of ether oxygens (including phenoxy) is 1. The smallest absolute Gasteiger partial charge is 0.287 e. The third kappa shape index (κ3) is 5.59. The molecule has 1 N–H and O–H groups in total. The zero-order chi connectivity index (χ0) is 26.6. The number of amides is 2. The summed E-state index contributed by atoms with van der Waals surface area (Å²) < 4.78 is 38.5. The number of fused-ring (bicyclic) bond motifs is 1. The average molecular weight is 517 g/mol. The molecule has 1 aromatic heterocycles. The second kappa shape index (κ2) is 10.9. The number of rotatable bonds is 7. The first-order valence-electron chi connectivity index (χ1n) is 12.3. The zero-order valence-electron chi connectivity index (χ0n) is 20.7. The van der Waals surface area contributed by atoms with Crippen LogP contribution in [0.5, 0.6) is 5.75 Å². The molecule has 2 heterocycles. The van der Waals surface area contributed by atoms with Gasteiger partial charge in [0.15, 0.2) is 5.76 Å². The summed E-state index contributed by atoms with van der Waals surface area (Å²) in [5.74, 6) is -0.0188. The number of carbonyl (C=O) groups excluding carboxylic acids is 2. The molecule has 5 rings (SSSR count). The maximum Gasteiger partial charge on any atom is 0.287 e. The van der Waals surface area contributed by atoms with E-state index in [2.05, 4.69) is 5.32 Å². The van der Waals surface area contributed by atoms with Crippen molar-refractivity contribution in [3.05, 3.63) is 124 Å². The lowest BCUT2D eigenvalue weighted by molar-refractivity contribution is -0.130.